The lowest BCUT2D eigenvalue weighted by molar-refractivity contribution is 0.0258. The van der Waals surface area contributed by atoms with Crippen molar-refractivity contribution in [3.8, 4) is 22.6 Å². The monoisotopic (exact) mass is 468 g/mol. The van der Waals surface area contributed by atoms with Gasteiger partial charge in [-0.1, -0.05) is 12.1 Å². The van der Waals surface area contributed by atoms with Crippen LogP contribution in [0.5, 0.6) is 11.5 Å². The average Bonchev–Trinajstić information content (AvgIpc) is 3.02. The Morgan fingerprint density at radius 3 is 2.62 bits per heavy atom. The molecule has 4 rings (SSSR count). The number of hydrogen-bond donors (Lipinski definition) is 0. The Kier molecular flexibility index (Phi) is 7.22. The summed E-state index contributed by atoms with van der Waals surface area (Å²) in [7, 11) is 3.42. The summed E-state index contributed by atoms with van der Waals surface area (Å²) < 4.78 is 22.8. The molecule has 0 atom stereocenters. The Labute approximate surface area is 202 Å². The normalized spacial score (nSPS) is 15.7. The highest BCUT2D eigenvalue weighted by atomic mass is 16.6. The Hall–Kier alpha value is -2.93. The Morgan fingerprint density at radius 2 is 1.88 bits per heavy atom. The number of benzene rings is 2. The van der Waals surface area contributed by atoms with E-state index in [1.54, 1.807) is 14.2 Å². The number of rotatable bonds is 5. The van der Waals surface area contributed by atoms with Crippen molar-refractivity contribution in [2.24, 2.45) is 0 Å². The quantitative estimate of drug-likeness (QED) is 0.642. The van der Waals surface area contributed by atoms with E-state index in [9.17, 15) is 4.79 Å². The summed E-state index contributed by atoms with van der Waals surface area (Å²) in [5.41, 5.74) is 5.30. The summed E-state index contributed by atoms with van der Waals surface area (Å²) in [6, 6.07) is 10.4. The number of fused-ring (bicyclic) bond motifs is 2. The molecular weight excluding hydrogens is 432 g/mol. The summed E-state index contributed by atoms with van der Waals surface area (Å²) in [6.07, 6.45) is 1.23. The molecule has 184 valence electrons. The highest BCUT2D eigenvalue weighted by Gasteiger charge is 2.30. The molecule has 0 fully saturated rings. The molecule has 0 bridgehead atoms. The van der Waals surface area contributed by atoms with Crippen molar-refractivity contribution in [1.29, 1.82) is 0 Å². The zero-order valence-electron chi connectivity index (χ0n) is 21.0. The van der Waals surface area contributed by atoms with Crippen LogP contribution in [0.15, 0.2) is 30.3 Å². The van der Waals surface area contributed by atoms with Crippen LogP contribution in [0.1, 0.15) is 31.9 Å². The van der Waals surface area contributed by atoms with Crippen molar-refractivity contribution in [2.75, 3.05) is 58.5 Å². The van der Waals surface area contributed by atoms with Crippen LogP contribution in [0, 0.1) is 0 Å². The van der Waals surface area contributed by atoms with Crippen molar-refractivity contribution in [2.45, 2.75) is 39.2 Å². The lowest BCUT2D eigenvalue weighted by atomic mass is 9.89. The fourth-order valence-electron chi connectivity index (χ4n) is 4.69. The first-order valence-electron chi connectivity index (χ1n) is 12.0. The summed E-state index contributed by atoms with van der Waals surface area (Å²) in [5, 5.41) is 0. The highest BCUT2D eigenvalue weighted by Crippen LogP contribution is 2.46. The van der Waals surface area contributed by atoms with E-state index in [-0.39, 0.29) is 6.09 Å². The summed E-state index contributed by atoms with van der Waals surface area (Å²) >= 11 is 0. The van der Waals surface area contributed by atoms with Gasteiger partial charge in [-0.2, -0.15) is 0 Å². The van der Waals surface area contributed by atoms with Crippen LogP contribution in [-0.2, 0) is 22.3 Å². The van der Waals surface area contributed by atoms with Crippen molar-refractivity contribution in [3.05, 3.63) is 41.5 Å². The van der Waals surface area contributed by atoms with Crippen LogP contribution in [-0.4, -0.2) is 70.2 Å². The van der Waals surface area contributed by atoms with E-state index in [1.807, 2.05) is 37.8 Å². The molecule has 7 heteroatoms. The third-order valence-corrected chi connectivity index (χ3v) is 6.26. The average molecular weight is 469 g/mol. The summed E-state index contributed by atoms with van der Waals surface area (Å²) in [6.45, 7) is 9.79. The summed E-state index contributed by atoms with van der Waals surface area (Å²) in [5.74, 6) is 1.71. The smallest absolute Gasteiger partial charge is 0.410 e. The molecule has 2 aliphatic heterocycles. The maximum absolute atomic E-state index is 12.8. The third kappa shape index (κ3) is 5.25. The van der Waals surface area contributed by atoms with Crippen LogP contribution >= 0.6 is 0 Å². The molecule has 0 saturated heterocycles. The second-order valence-electron chi connectivity index (χ2n) is 9.76. The molecule has 2 heterocycles. The molecule has 0 aromatic heterocycles. The van der Waals surface area contributed by atoms with Gasteiger partial charge < -0.3 is 28.7 Å². The minimum atomic E-state index is -0.517. The molecule has 0 saturated carbocycles. The van der Waals surface area contributed by atoms with Crippen molar-refractivity contribution < 1.29 is 23.7 Å². The number of carbonyl (C=O) groups excluding carboxylic acids is 1. The van der Waals surface area contributed by atoms with E-state index in [2.05, 4.69) is 23.1 Å². The van der Waals surface area contributed by atoms with Gasteiger partial charge in [0.1, 0.15) is 23.7 Å². The Bertz CT molecular complexity index is 1030. The topological polar surface area (TPSA) is 60.5 Å². The first-order chi connectivity index (χ1) is 16.3. The van der Waals surface area contributed by atoms with Crippen LogP contribution in [0.4, 0.5) is 10.5 Å². The standard InChI is InChI=1S/C27H36N2O5/c1-27(2,3)34-26(30)29-11-9-19-18-23-25(28(13-15-31-4)14-16-33-23)24(22(19)10-12-29)20-7-6-8-21(17-20)32-5/h6-8,17-18H,9-16H2,1-5H3. The van der Waals surface area contributed by atoms with E-state index in [0.29, 0.717) is 26.3 Å². The number of anilines is 1. The fraction of sp³-hybridized carbons (Fsp3) is 0.519. The number of methoxy groups -OCH3 is 2. The lowest BCUT2D eigenvalue weighted by Gasteiger charge is -2.35. The zero-order chi connectivity index (χ0) is 24.3. The van der Waals surface area contributed by atoms with Crippen LogP contribution < -0.4 is 14.4 Å². The molecule has 7 nitrogen and oxygen atoms in total. The van der Waals surface area contributed by atoms with Gasteiger partial charge >= 0.3 is 6.09 Å². The van der Waals surface area contributed by atoms with Gasteiger partial charge in [-0.3, -0.25) is 0 Å². The van der Waals surface area contributed by atoms with Gasteiger partial charge in [0.05, 0.1) is 25.9 Å². The van der Waals surface area contributed by atoms with Gasteiger partial charge in [-0.05, 0) is 68.5 Å². The molecule has 2 aromatic rings. The minimum absolute atomic E-state index is 0.258. The maximum atomic E-state index is 12.8. The zero-order valence-corrected chi connectivity index (χ0v) is 21.0. The van der Waals surface area contributed by atoms with E-state index < -0.39 is 5.60 Å². The largest absolute Gasteiger partial charge is 0.497 e. The molecule has 0 N–H and O–H groups in total. The minimum Gasteiger partial charge on any atom is -0.497 e. The third-order valence-electron chi connectivity index (χ3n) is 6.26. The van der Waals surface area contributed by atoms with Crippen molar-refractivity contribution >= 4 is 11.8 Å². The second kappa shape index (κ2) is 10.1. The predicted octanol–water partition coefficient (Wildman–Crippen LogP) is 4.54. The fourth-order valence-corrected chi connectivity index (χ4v) is 4.69. The molecule has 0 aliphatic carbocycles. The highest BCUT2D eigenvalue weighted by molar-refractivity contribution is 5.88. The lowest BCUT2D eigenvalue weighted by Crippen LogP contribution is -2.38. The molecule has 1 amide bonds. The molecule has 2 aliphatic rings. The van der Waals surface area contributed by atoms with Crippen molar-refractivity contribution in [1.82, 2.24) is 4.90 Å². The number of ether oxygens (including phenoxy) is 4. The van der Waals surface area contributed by atoms with E-state index in [1.165, 1.54) is 11.1 Å². The van der Waals surface area contributed by atoms with Gasteiger partial charge in [0.15, 0.2) is 0 Å². The van der Waals surface area contributed by atoms with Gasteiger partial charge in [0.25, 0.3) is 0 Å². The van der Waals surface area contributed by atoms with Gasteiger partial charge in [0.2, 0.25) is 0 Å². The number of hydrogen-bond acceptors (Lipinski definition) is 6. The predicted molar refractivity (Wildman–Crippen MR) is 133 cm³/mol. The Morgan fingerprint density at radius 1 is 1.09 bits per heavy atom. The van der Waals surface area contributed by atoms with Crippen LogP contribution in [0.2, 0.25) is 0 Å². The number of carbonyl (C=O) groups is 1. The molecular formula is C27H36N2O5. The molecule has 34 heavy (non-hydrogen) atoms. The van der Waals surface area contributed by atoms with Crippen molar-refractivity contribution in [3.63, 3.8) is 0 Å². The SMILES string of the molecule is COCCN1CCOc2cc3c(c(-c4cccc(OC)c4)c21)CCN(C(=O)OC(C)(C)C)CC3. The number of amides is 1. The van der Waals surface area contributed by atoms with Crippen LogP contribution in [0.25, 0.3) is 11.1 Å². The molecule has 0 radical (unpaired) electrons. The molecule has 0 unspecified atom stereocenters. The first-order valence-corrected chi connectivity index (χ1v) is 12.0. The van der Waals surface area contributed by atoms with Gasteiger partial charge in [-0.25, -0.2) is 4.79 Å². The van der Waals surface area contributed by atoms with Gasteiger partial charge in [-0.15, -0.1) is 0 Å². The first kappa shape index (κ1) is 24.2. The number of nitrogens with zero attached hydrogens (tertiary/aromatic N) is 2. The van der Waals surface area contributed by atoms with Gasteiger partial charge in [0, 0.05) is 32.3 Å². The Balaban J connectivity index is 1.79. The van der Waals surface area contributed by atoms with E-state index >= 15 is 0 Å². The molecule has 2 aromatic carbocycles. The maximum Gasteiger partial charge on any atom is 0.410 e. The second-order valence-corrected chi connectivity index (χ2v) is 9.76. The van der Waals surface area contributed by atoms with Crippen LogP contribution in [0.3, 0.4) is 0 Å². The van der Waals surface area contributed by atoms with E-state index in [4.69, 9.17) is 18.9 Å². The molecule has 0 spiro atoms. The van der Waals surface area contributed by atoms with E-state index in [0.717, 1.165) is 54.2 Å². The summed E-state index contributed by atoms with van der Waals surface area (Å²) in [4.78, 5) is 17.0.